The van der Waals surface area contributed by atoms with Crippen molar-refractivity contribution in [1.82, 2.24) is 10.3 Å². The summed E-state index contributed by atoms with van der Waals surface area (Å²) in [5.41, 5.74) is 2.66. The van der Waals surface area contributed by atoms with Crippen LogP contribution in [0.4, 0.5) is 0 Å². The maximum absolute atomic E-state index is 4.17. The Balaban J connectivity index is 1.74. The molecule has 1 aliphatic carbocycles. The van der Waals surface area contributed by atoms with Crippen LogP contribution in [0, 0.1) is 18.8 Å². The Morgan fingerprint density at radius 2 is 2.31 bits per heavy atom. The second-order valence-corrected chi connectivity index (χ2v) is 5.22. The van der Waals surface area contributed by atoms with Crippen molar-refractivity contribution in [1.29, 1.82) is 0 Å². The van der Waals surface area contributed by atoms with E-state index in [0.717, 1.165) is 18.4 Å². The van der Waals surface area contributed by atoms with Gasteiger partial charge < -0.3 is 5.32 Å². The third kappa shape index (κ3) is 3.05. The molecule has 1 N–H and O–H groups in total. The number of hydrogen-bond acceptors (Lipinski definition) is 2. The summed E-state index contributed by atoms with van der Waals surface area (Å²) in [5.74, 6) is 1.83. The van der Waals surface area contributed by atoms with Gasteiger partial charge in [-0.3, -0.25) is 4.98 Å². The molecule has 1 aliphatic rings. The molecule has 1 aromatic heterocycles. The summed E-state index contributed by atoms with van der Waals surface area (Å²) in [4.78, 5) is 4.17. The highest BCUT2D eigenvalue weighted by Gasteiger charge is 2.20. The molecule has 0 saturated heterocycles. The molecule has 0 aromatic carbocycles. The minimum atomic E-state index is 0.895. The number of nitrogens with zero attached hydrogens (tertiary/aromatic N) is 1. The van der Waals surface area contributed by atoms with E-state index in [2.05, 4.69) is 30.2 Å². The lowest BCUT2D eigenvalue weighted by Crippen LogP contribution is -2.21. The van der Waals surface area contributed by atoms with Gasteiger partial charge in [0.1, 0.15) is 0 Å². The summed E-state index contributed by atoms with van der Waals surface area (Å²) in [6.07, 6.45) is 8.05. The van der Waals surface area contributed by atoms with E-state index in [0.29, 0.717) is 0 Å². The Bertz CT molecular complexity index is 335. The average molecular weight is 218 g/mol. The Kier molecular flexibility index (Phi) is 3.94. The van der Waals surface area contributed by atoms with Gasteiger partial charge in [0.2, 0.25) is 0 Å². The smallest absolute Gasteiger partial charge is 0.0315 e. The molecule has 2 unspecified atom stereocenters. The van der Waals surface area contributed by atoms with Crippen LogP contribution in [0.5, 0.6) is 0 Å². The molecule has 0 bridgehead atoms. The van der Waals surface area contributed by atoms with Crippen molar-refractivity contribution in [2.45, 2.75) is 39.7 Å². The van der Waals surface area contributed by atoms with Gasteiger partial charge in [-0.25, -0.2) is 0 Å². The van der Waals surface area contributed by atoms with Crippen LogP contribution in [0.15, 0.2) is 18.5 Å². The lowest BCUT2D eigenvalue weighted by molar-refractivity contribution is 0.470. The number of nitrogens with one attached hydrogen (secondary N) is 1. The molecule has 2 nitrogen and oxygen atoms in total. The minimum Gasteiger partial charge on any atom is -0.312 e. The maximum Gasteiger partial charge on any atom is 0.0315 e. The van der Waals surface area contributed by atoms with Crippen molar-refractivity contribution >= 4 is 0 Å². The molecule has 0 amide bonds. The first-order valence-electron chi connectivity index (χ1n) is 6.36. The van der Waals surface area contributed by atoms with E-state index in [1.165, 1.54) is 36.9 Å². The molecule has 0 spiro atoms. The fourth-order valence-electron chi connectivity index (χ4n) is 2.60. The lowest BCUT2D eigenvalue weighted by atomic mass is 10.1. The van der Waals surface area contributed by atoms with E-state index in [-0.39, 0.29) is 0 Å². The van der Waals surface area contributed by atoms with Gasteiger partial charge in [-0.1, -0.05) is 13.3 Å². The van der Waals surface area contributed by atoms with Gasteiger partial charge in [0.05, 0.1) is 0 Å². The van der Waals surface area contributed by atoms with Gasteiger partial charge in [0.25, 0.3) is 0 Å². The number of aromatic nitrogens is 1. The predicted molar refractivity (Wildman–Crippen MR) is 67.2 cm³/mol. The van der Waals surface area contributed by atoms with E-state index in [9.17, 15) is 0 Å². The second-order valence-electron chi connectivity index (χ2n) is 5.22. The number of hydrogen-bond donors (Lipinski definition) is 1. The van der Waals surface area contributed by atoms with Crippen LogP contribution in [-0.2, 0) is 6.54 Å². The Morgan fingerprint density at radius 1 is 1.44 bits per heavy atom. The van der Waals surface area contributed by atoms with Gasteiger partial charge in [0.15, 0.2) is 0 Å². The van der Waals surface area contributed by atoms with E-state index in [1.807, 2.05) is 12.4 Å². The van der Waals surface area contributed by atoms with Crippen molar-refractivity contribution in [2.75, 3.05) is 6.54 Å². The van der Waals surface area contributed by atoms with Crippen molar-refractivity contribution < 1.29 is 0 Å². The van der Waals surface area contributed by atoms with Crippen molar-refractivity contribution in [3.63, 3.8) is 0 Å². The van der Waals surface area contributed by atoms with E-state index >= 15 is 0 Å². The zero-order chi connectivity index (χ0) is 11.4. The van der Waals surface area contributed by atoms with Crippen LogP contribution >= 0.6 is 0 Å². The highest BCUT2D eigenvalue weighted by molar-refractivity contribution is 5.20. The standard InChI is InChI=1S/C14H22N2/c1-11-3-4-13(7-11)8-16-10-14-9-15-6-5-12(14)2/h5-6,9,11,13,16H,3-4,7-8,10H2,1-2H3. The van der Waals surface area contributed by atoms with Crippen molar-refractivity contribution in [2.24, 2.45) is 11.8 Å². The summed E-state index contributed by atoms with van der Waals surface area (Å²) in [6, 6.07) is 2.08. The quantitative estimate of drug-likeness (QED) is 0.840. The topological polar surface area (TPSA) is 24.9 Å². The predicted octanol–water partition coefficient (Wildman–Crippen LogP) is 2.92. The van der Waals surface area contributed by atoms with E-state index < -0.39 is 0 Å². The normalized spacial score (nSPS) is 24.9. The van der Waals surface area contributed by atoms with Gasteiger partial charge in [-0.15, -0.1) is 0 Å². The zero-order valence-corrected chi connectivity index (χ0v) is 10.4. The largest absolute Gasteiger partial charge is 0.312 e. The van der Waals surface area contributed by atoms with Crippen LogP contribution in [0.1, 0.15) is 37.3 Å². The molecule has 2 heteroatoms. The molecular weight excluding hydrogens is 196 g/mol. The lowest BCUT2D eigenvalue weighted by Gasteiger charge is -2.11. The first-order valence-corrected chi connectivity index (χ1v) is 6.36. The van der Waals surface area contributed by atoms with Gasteiger partial charge in [-0.2, -0.15) is 0 Å². The van der Waals surface area contributed by atoms with Crippen LogP contribution in [0.2, 0.25) is 0 Å². The maximum atomic E-state index is 4.17. The fourth-order valence-corrected chi connectivity index (χ4v) is 2.60. The van der Waals surface area contributed by atoms with Gasteiger partial charge >= 0.3 is 0 Å². The molecule has 1 aromatic rings. The first kappa shape index (κ1) is 11.6. The highest BCUT2D eigenvalue weighted by atomic mass is 14.9. The fraction of sp³-hybridized carbons (Fsp3) is 0.643. The van der Waals surface area contributed by atoms with Gasteiger partial charge in [-0.05, 0) is 55.3 Å². The van der Waals surface area contributed by atoms with E-state index in [1.54, 1.807) is 0 Å². The number of pyridine rings is 1. The van der Waals surface area contributed by atoms with E-state index in [4.69, 9.17) is 0 Å². The Morgan fingerprint density at radius 3 is 3.00 bits per heavy atom. The summed E-state index contributed by atoms with van der Waals surface area (Å²) >= 11 is 0. The van der Waals surface area contributed by atoms with Crippen LogP contribution in [-0.4, -0.2) is 11.5 Å². The molecule has 1 heterocycles. The van der Waals surface area contributed by atoms with Crippen LogP contribution in [0.3, 0.4) is 0 Å². The molecule has 1 fully saturated rings. The Labute approximate surface area is 98.5 Å². The Hall–Kier alpha value is -0.890. The minimum absolute atomic E-state index is 0.895. The molecule has 16 heavy (non-hydrogen) atoms. The molecule has 88 valence electrons. The van der Waals surface area contributed by atoms with Crippen LogP contribution < -0.4 is 5.32 Å². The third-order valence-corrected chi connectivity index (χ3v) is 3.70. The average Bonchev–Trinajstić information content (AvgIpc) is 2.67. The monoisotopic (exact) mass is 218 g/mol. The second kappa shape index (κ2) is 5.44. The summed E-state index contributed by atoms with van der Waals surface area (Å²) in [6.45, 7) is 6.64. The molecule has 2 rings (SSSR count). The molecule has 2 atom stereocenters. The third-order valence-electron chi connectivity index (χ3n) is 3.70. The molecule has 0 radical (unpaired) electrons. The summed E-state index contributed by atoms with van der Waals surface area (Å²) in [7, 11) is 0. The highest BCUT2D eigenvalue weighted by Crippen LogP contribution is 2.29. The first-order chi connectivity index (χ1) is 7.75. The molecular formula is C14H22N2. The summed E-state index contributed by atoms with van der Waals surface area (Å²) < 4.78 is 0. The zero-order valence-electron chi connectivity index (χ0n) is 10.4. The van der Waals surface area contributed by atoms with Gasteiger partial charge in [0, 0.05) is 18.9 Å². The van der Waals surface area contributed by atoms with Crippen molar-refractivity contribution in [3.05, 3.63) is 29.6 Å². The SMILES string of the molecule is Cc1ccncc1CNCC1CCC(C)C1. The summed E-state index contributed by atoms with van der Waals surface area (Å²) in [5, 5.41) is 3.56. The number of aryl methyl sites for hydroxylation is 1. The van der Waals surface area contributed by atoms with Crippen molar-refractivity contribution in [3.8, 4) is 0 Å². The molecule has 1 saturated carbocycles. The van der Waals surface area contributed by atoms with Crippen LogP contribution in [0.25, 0.3) is 0 Å². The number of rotatable bonds is 4. The molecule has 0 aliphatic heterocycles.